The molecular weight excluding hydrogens is 416 g/mol. The number of β-lactam (4-membered cyclic amide) rings is 1. The molecule has 1 fully saturated rings. The molecule has 0 saturated carbocycles. The van der Waals surface area contributed by atoms with Crippen molar-refractivity contribution in [3.05, 3.63) is 53.9 Å². The molecule has 0 aliphatic carbocycles. The van der Waals surface area contributed by atoms with Gasteiger partial charge in [-0.15, -0.1) is 8.78 Å². The van der Waals surface area contributed by atoms with Crippen molar-refractivity contribution in [1.29, 1.82) is 0 Å². The number of benzene rings is 1. The van der Waals surface area contributed by atoms with Crippen LogP contribution in [0.4, 0.5) is 13.6 Å². The van der Waals surface area contributed by atoms with Gasteiger partial charge in [-0.1, -0.05) is 6.07 Å². The number of aliphatic carboxylic acids is 1. The first-order chi connectivity index (χ1) is 14.6. The molecular formula is C20H19F2N3O6. The van der Waals surface area contributed by atoms with E-state index in [-0.39, 0.29) is 17.9 Å². The molecule has 11 heteroatoms. The van der Waals surface area contributed by atoms with Crippen molar-refractivity contribution in [2.45, 2.75) is 38.6 Å². The van der Waals surface area contributed by atoms with E-state index in [1.165, 1.54) is 23.8 Å². The Labute approximate surface area is 175 Å². The van der Waals surface area contributed by atoms with E-state index in [0.717, 1.165) is 0 Å². The quantitative estimate of drug-likeness (QED) is 0.712. The Morgan fingerprint density at radius 3 is 2.42 bits per heavy atom. The van der Waals surface area contributed by atoms with Crippen LogP contribution >= 0.6 is 0 Å². The molecule has 2 N–H and O–H groups in total. The number of halogens is 2. The van der Waals surface area contributed by atoms with Crippen molar-refractivity contribution in [2.75, 3.05) is 0 Å². The number of alkyl halides is 2. The highest BCUT2D eigenvalue weighted by atomic mass is 19.3. The monoisotopic (exact) mass is 435 g/mol. The number of ether oxygens (including phenoxy) is 2. The minimum atomic E-state index is -3.74. The van der Waals surface area contributed by atoms with Gasteiger partial charge >= 0.3 is 18.3 Å². The van der Waals surface area contributed by atoms with Crippen molar-refractivity contribution in [3.63, 3.8) is 0 Å². The average Bonchev–Trinajstić information content (AvgIpc) is 2.99. The number of rotatable bonds is 3. The van der Waals surface area contributed by atoms with Crippen LogP contribution in [0, 0.1) is 6.92 Å². The standard InChI is InChI=1S/C14H12F2N2O6.C6H7N/c1-6(17-13(22)18-8(12(20)21)5-11(18)19)7-2-3-9-10(4-7)24-14(15,16)23-9;1-6-2-4-7-5-3-6/h2-4,6,8H,5H2,1H3,(H,17,22)(H,20,21);2-5H,1H3. The fourth-order valence-electron chi connectivity index (χ4n) is 2.87. The molecule has 2 aliphatic rings. The van der Waals surface area contributed by atoms with Gasteiger partial charge in [0, 0.05) is 12.4 Å². The van der Waals surface area contributed by atoms with Crippen molar-refractivity contribution >= 4 is 17.9 Å². The van der Waals surface area contributed by atoms with Crippen LogP contribution in [-0.2, 0) is 9.59 Å². The molecule has 2 aromatic rings. The summed E-state index contributed by atoms with van der Waals surface area (Å²) in [7, 11) is 0. The number of likely N-dealkylation sites (tertiary alicyclic amines) is 1. The maximum Gasteiger partial charge on any atom is 0.586 e. The Morgan fingerprint density at radius 2 is 1.87 bits per heavy atom. The minimum absolute atomic E-state index is 0.133. The van der Waals surface area contributed by atoms with Gasteiger partial charge in [0.15, 0.2) is 11.5 Å². The van der Waals surface area contributed by atoms with Crippen LogP contribution < -0.4 is 14.8 Å². The predicted molar refractivity (Wildman–Crippen MR) is 101 cm³/mol. The number of pyridine rings is 1. The van der Waals surface area contributed by atoms with Crippen LogP contribution in [0.5, 0.6) is 11.5 Å². The number of nitrogens with one attached hydrogen (secondary N) is 1. The molecule has 2 atom stereocenters. The van der Waals surface area contributed by atoms with Gasteiger partial charge in [-0.25, -0.2) is 14.5 Å². The van der Waals surface area contributed by atoms with Crippen LogP contribution in [0.2, 0.25) is 0 Å². The summed E-state index contributed by atoms with van der Waals surface area (Å²) in [5.41, 5.74) is 1.68. The number of fused-ring (bicyclic) bond motifs is 1. The second-order valence-corrected chi connectivity index (χ2v) is 6.89. The number of carbonyl (C=O) groups excluding carboxylic acids is 2. The molecule has 0 radical (unpaired) electrons. The minimum Gasteiger partial charge on any atom is -0.480 e. The third kappa shape index (κ3) is 5.05. The molecule has 1 aromatic heterocycles. The highest BCUT2D eigenvalue weighted by Gasteiger charge is 2.46. The maximum atomic E-state index is 13.0. The number of aryl methyl sites for hydroxylation is 1. The number of hydrogen-bond donors (Lipinski definition) is 2. The SMILES string of the molecule is CC(NC(=O)N1C(=O)CC1C(=O)O)c1ccc2c(c1)OC(F)(F)O2.Cc1ccncc1. The van der Waals surface area contributed by atoms with E-state index in [0.29, 0.717) is 10.5 Å². The smallest absolute Gasteiger partial charge is 0.480 e. The molecule has 9 nitrogen and oxygen atoms in total. The van der Waals surface area contributed by atoms with Crippen molar-refractivity contribution in [3.8, 4) is 11.5 Å². The second kappa shape index (κ2) is 8.54. The first kappa shape index (κ1) is 21.9. The number of carbonyl (C=O) groups is 3. The van der Waals surface area contributed by atoms with Gasteiger partial charge in [0.2, 0.25) is 5.91 Å². The number of carboxylic acid groups (broad SMARTS) is 1. The number of aromatic nitrogens is 1. The zero-order valence-electron chi connectivity index (χ0n) is 16.5. The highest BCUT2D eigenvalue weighted by molar-refractivity contribution is 6.05. The van der Waals surface area contributed by atoms with Gasteiger partial charge in [-0.3, -0.25) is 9.78 Å². The molecule has 2 aliphatic heterocycles. The summed E-state index contributed by atoms with van der Waals surface area (Å²) in [5, 5.41) is 11.3. The molecule has 3 heterocycles. The Morgan fingerprint density at radius 1 is 1.23 bits per heavy atom. The number of amides is 3. The predicted octanol–water partition coefficient (Wildman–Crippen LogP) is 2.85. The lowest BCUT2D eigenvalue weighted by Crippen LogP contribution is -2.61. The largest absolute Gasteiger partial charge is 0.586 e. The van der Waals surface area contributed by atoms with Crippen LogP contribution in [0.1, 0.15) is 30.5 Å². The lowest BCUT2D eigenvalue weighted by atomic mass is 10.0. The van der Waals surface area contributed by atoms with Gasteiger partial charge in [-0.05, 0) is 49.2 Å². The number of nitrogens with zero attached hydrogens (tertiary/aromatic N) is 2. The summed E-state index contributed by atoms with van der Waals surface area (Å²) in [6.45, 7) is 3.59. The highest BCUT2D eigenvalue weighted by Crippen LogP contribution is 2.42. The number of carboxylic acids is 1. The van der Waals surface area contributed by atoms with Gasteiger partial charge in [-0.2, -0.15) is 0 Å². The fraction of sp³-hybridized carbons (Fsp3) is 0.300. The maximum absolute atomic E-state index is 13.0. The third-order valence-electron chi connectivity index (χ3n) is 4.56. The average molecular weight is 435 g/mol. The Hall–Kier alpha value is -3.76. The molecule has 4 rings (SSSR count). The Bertz CT molecular complexity index is 1000. The van der Waals surface area contributed by atoms with Gasteiger partial charge in [0.1, 0.15) is 6.04 Å². The molecule has 1 aromatic carbocycles. The number of imide groups is 1. The van der Waals surface area contributed by atoms with Crippen molar-refractivity contribution in [1.82, 2.24) is 15.2 Å². The van der Waals surface area contributed by atoms with E-state index in [1.807, 2.05) is 19.1 Å². The molecule has 3 amide bonds. The van der Waals surface area contributed by atoms with Crippen LogP contribution in [0.3, 0.4) is 0 Å². The summed E-state index contributed by atoms with van der Waals surface area (Å²) in [6.07, 6.45) is -0.410. The second-order valence-electron chi connectivity index (χ2n) is 6.89. The Balaban J connectivity index is 0.000000330. The molecule has 164 valence electrons. The zero-order valence-corrected chi connectivity index (χ0v) is 16.5. The topological polar surface area (TPSA) is 118 Å². The molecule has 2 unspecified atom stereocenters. The van der Waals surface area contributed by atoms with E-state index in [9.17, 15) is 23.2 Å². The lowest BCUT2D eigenvalue weighted by Gasteiger charge is -2.36. The summed E-state index contributed by atoms with van der Waals surface area (Å²) in [4.78, 5) is 38.8. The van der Waals surface area contributed by atoms with Crippen LogP contribution in [0.25, 0.3) is 0 Å². The van der Waals surface area contributed by atoms with Gasteiger partial charge < -0.3 is 19.9 Å². The normalized spacial score (nSPS) is 18.9. The molecule has 1 saturated heterocycles. The fourth-order valence-corrected chi connectivity index (χ4v) is 2.87. The summed E-state index contributed by atoms with van der Waals surface area (Å²) >= 11 is 0. The first-order valence-corrected chi connectivity index (χ1v) is 9.19. The first-order valence-electron chi connectivity index (χ1n) is 9.19. The van der Waals surface area contributed by atoms with E-state index in [4.69, 9.17) is 5.11 Å². The third-order valence-corrected chi connectivity index (χ3v) is 4.56. The van der Waals surface area contributed by atoms with Crippen LogP contribution in [-0.4, -0.2) is 45.2 Å². The van der Waals surface area contributed by atoms with E-state index in [1.54, 1.807) is 19.3 Å². The van der Waals surface area contributed by atoms with Gasteiger partial charge in [0.05, 0.1) is 12.5 Å². The summed E-state index contributed by atoms with van der Waals surface area (Å²) in [5.74, 6) is -2.19. The van der Waals surface area contributed by atoms with Crippen molar-refractivity contribution in [2.24, 2.45) is 0 Å². The van der Waals surface area contributed by atoms with Crippen molar-refractivity contribution < 1.29 is 37.7 Å². The van der Waals surface area contributed by atoms with E-state index in [2.05, 4.69) is 19.8 Å². The lowest BCUT2D eigenvalue weighted by molar-refractivity contribution is -0.286. The van der Waals surface area contributed by atoms with E-state index < -0.39 is 36.3 Å². The molecule has 31 heavy (non-hydrogen) atoms. The molecule has 0 bridgehead atoms. The van der Waals surface area contributed by atoms with E-state index >= 15 is 0 Å². The molecule has 0 spiro atoms. The van der Waals surface area contributed by atoms with Crippen LogP contribution in [0.15, 0.2) is 42.7 Å². The number of urea groups is 1. The summed E-state index contributed by atoms with van der Waals surface area (Å²) < 4.78 is 34.6. The Kier molecular flexibility index (Phi) is 6.04. The number of hydrogen-bond acceptors (Lipinski definition) is 6. The summed E-state index contributed by atoms with van der Waals surface area (Å²) in [6, 6.07) is 5.19. The zero-order chi connectivity index (χ0) is 22.8. The van der Waals surface area contributed by atoms with Gasteiger partial charge in [0.25, 0.3) is 0 Å².